The van der Waals surface area contributed by atoms with Crippen LogP contribution in [0.15, 0.2) is 85.2 Å². The lowest BCUT2D eigenvalue weighted by Gasteiger charge is -2.08. The minimum Gasteiger partial charge on any atom is -0.478 e. The average Bonchev–Trinajstić information content (AvgIpc) is 2.93. The summed E-state index contributed by atoms with van der Waals surface area (Å²) in [6.07, 6.45) is -6.44. The molecule has 0 saturated carbocycles. The number of aromatic nitrogens is 2. The van der Waals surface area contributed by atoms with Crippen molar-refractivity contribution >= 4 is 11.9 Å². The van der Waals surface area contributed by atoms with Gasteiger partial charge in [-0.05, 0) is 60.7 Å². The van der Waals surface area contributed by atoms with E-state index in [4.69, 9.17) is 14.6 Å². The molecule has 0 spiro atoms. The highest BCUT2D eigenvalue weighted by Crippen LogP contribution is 2.32. The minimum atomic E-state index is -4.40. The number of pyridine rings is 2. The smallest absolute Gasteiger partial charge is 0.416 e. The number of hydrogen-bond donors (Lipinski definition) is 1. The van der Waals surface area contributed by atoms with Crippen LogP contribution in [0, 0.1) is 0 Å². The maximum Gasteiger partial charge on any atom is 0.416 e. The Morgan fingerprint density at radius 3 is 1.32 bits per heavy atom. The number of hydrogen-bond acceptors (Lipinski definition) is 7. The van der Waals surface area contributed by atoms with Gasteiger partial charge in [0, 0.05) is 24.5 Å². The Kier molecular flexibility index (Phi) is 9.50. The maximum absolute atomic E-state index is 12.4. The topological polar surface area (TPSA) is 108 Å². The second-order valence-corrected chi connectivity index (χ2v) is 7.82. The number of ether oxygens (including phenoxy) is 3. The number of carboxylic acids is 1. The summed E-state index contributed by atoms with van der Waals surface area (Å²) in [5, 5.41) is 8.68. The predicted molar refractivity (Wildman–Crippen MR) is 130 cm³/mol. The zero-order chi connectivity index (χ0) is 30.2. The van der Waals surface area contributed by atoms with E-state index in [1.165, 1.54) is 49.7 Å². The highest BCUT2D eigenvalue weighted by Gasteiger charge is 2.30. The van der Waals surface area contributed by atoms with E-state index in [2.05, 4.69) is 14.7 Å². The van der Waals surface area contributed by atoms with Gasteiger partial charge in [0.2, 0.25) is 11.8 Å². The molecule has 0 atom stereocenters. The van der Waals surface area contributed by atoms with Crippen molar-refractivity contribution in [1.82, 2.24) is 9.97 Å². The predicted octanol–water partition coefficient (Wildman–Crippen LogP) is 7.27. The van der Waals surface area contributed by atoms with Crippen molar-refractivity contribution in [3.8, 4) is 23.3 Å². The highest BCUT2D eigenvalue weighted by atomic mass is 19.4. The molecule has 0 unspecified atom stereocenters. The third kappa shape index (κ3) is 8.95. The molecular formula is C27H18F6N2O6. The van der Waals surface area contributed by atoms with Gasteiger partial charge in [0.05, 0.1) is 29.4 Å². The third-order valence-corrected chi connectivity index (χ3v) is 4.95. The Balaban J connectivity index is 0.000000226. The van der Waals surface area contributed by atoms with Gasteiger partial charge in [-0.1, -0.05) is 0 Å². The van der Waals surface area contributed by atoms with Gasteiger partial charge < -0.3 is 19.3 Å². The molecule has 8 nitrogen and oxygen atoms in total. The lowest BCUT2D eigenvalue weighted by Crippen LogP contribution is -2.04. The quantitative estimate of drug-likeness (QED) is 0.187. The van der Waals surface area contributed by atoms with Gasteiger partial charge in [-0.3, -0.25) is 0 Å². The number of carbonyl (C=O) groups excluding carboxylic acids is 1. The number of carboxylic acid groups (broad SMARTS) is 1. The standard InChI is InChI=1S/C14H10F3NO3.C13H8F3NO3/c1-20-13(19)9-2-7-12(18-8-9)21-11-5-3-10(4-6-11)14(15,16)17;14-13(15,16)9-2-4-10(5-3-9)20-11-6-1-8(7-17-11)12(18)19/h2-8H,1H3;1-7H,(H,18,19). The van der Waals surface area contributed by atoms with E-state index in [0.29, 0.717) is 0 Å². The number of nitrogens with zero attached hydrogens (tertiary/aromatic N) is 2. The summed E-state index contributed by atoms with van der Waals surface area (Å²) < 4.78 is 89.3. The van der Waals surface area contributed by atoms with Crippen molar-refractivity contribution in [2.24, 2.45) is 0 Å². The van der Waals surface area contributed by atoms with E-state index in [-0.39, 0.29) is 34.4 Å². The van der Waals surface area contributed by atoms with E-state index < -0.39 is 35.4 Å². The number of carbonyl (C=O) groups is 2. The minimum absolute atomic E-state index is 0.00947. The zero-order valence-corrected chi connectivity index (χ0v) is 20.7. The summed E-state index contributed by atoms with van der Waals surface area (Å²) in [6.45, 7) is 0. The molecule has 14 heteroatoms. The van der Waals surface area contributed by atoms with Crippen LogP contribution in [-0.4, -0.2) is 34.1 Å². The van der Waals surface area contributed by atoms with Crippen molar-refractivity contribution < 1.29 is 55.2 Å². The largest absolute Gasteiger partial charge is 0.478 e. The van der Waals surface area contributed by atoms with Crippen molar-refractivity contribution in [3.63, 3.8) is 0 Å². The van der Waals surface area contributed by atoms with Crippen LogP contribution in [0.4, 0.5) is 26.3 Å². The van der Waals surface area contributed by atoms with E-state index in [0.717, 1.165) is 42.6 Å². The maximum atomic E-state index is 12.4. The molecule has 0 aliphatic rings. The molecule has 2 aromatic carbocycles. The van der Waals surface area contributed by atoms with Gasteiger partial charge in [-0.15, -0.1) is 0 Å². The summed E-state index contributed by atoms with van der Waals surface area (Å²) in [6, 6.07) is 13.8. The molecule has 0 saturated heterocycles. The van der Waals surface area contributed by atoms with Crippen LogP contribution in [-0.2, 0) is 17.1 Å². The molecule has 2 aromatic heterocycles. The molecule has 0 aliphatic heterocycles. The Labute approximate surface area is 227 Å². The van der Waals surface area contributed by atoms with Crippen LogP contribution in [0.2, 0.25) is 0 Å². The summed E-state index contributed by atoms with van der Waals surface area (Å²) >= 11 is 0. The molecule has 0 amide bonds. The summed E-state index contributed by atoms with van der Waals surface area (Å²) in [5.41, 5.74) is -1.30. The summed E-state index contributed by atoms with van der Waals surface area (Å²) in [7, 11) is 1.24. The van der Waals surface area contributed by atoms with Crippen LogP contribution >= 0.6 is 0 Å². The fourth-order valence-electron chi connectivity index (χ4n) is 2.91. The van der Waals surface area contributed by atoms with Crippen LogP contribution in [0.1, 0.15) is 31.8 Å². The van der Waals surface area contributed by atoms with E-state index in [1.54, 1.807) is 0 Å². The molecule has 41 heavy (non-hydrogen) atoms. The first-order valence-electron chi connectivity index (χ1n) is 11.2. The Hall–Kier alpha value is -5.14. The normalized spacial score (nSPS) is 11.1. The molecule has 1 N–H and O–H groups in total. The van der Waals surface area contributed by atoms with Gasteiger partial charge in [-0.2, -0.15) is 26.3 Å². The van der Waals surface area contributed by atoms with Crippen molar-refractivity contribution in [3.05, 3.63) is 107 Å². The van der Waals surface area contributed by atoms with Gasteiger partial charge >= 0.3 is 24.3 Å². The zero-order valence-electron chi connectivity index (χ0n) is 20.7. The Morgan fingerprint density at radius 2 is 1.02 bits per heavy atom. The number of halogens is 6. The Bertz CT molecular complexity index is 1460. The molecular weight excluding hydrogens is 562 g/mol. The second kappa shape index (κ2) is 12.8. The molecule has 0 radical (unpaired) electrons. The Morgan fingerprint density at radius 1 is 0.634 bits per heavy atom. The molecule has 0 aliphatic carbocycles. The van der Waals surface area contributed by atoms with Crippen molar-refractivity contribution in [1.29, 1.82) is 0 Å². The van der Waals surface area contributed by atoms with Crippen LogP contribution in [0.5, 0.6) is 23.3 Å². The second-order valence-electron chi connectivity index (χ2n) is 7.82. The number of methoxy groups -OCH3 is 1. The highest BCUT2D eigenvalue weighted by molar-refractivity contribution is 5.89. The van der Waals surface area contributed by atoms with Crippen LogP contribution in [0.25, 0.3) is 0 Å². The number of rotatable bonds is 6. The number of alkyl halides is 6. The van der Waals surface area contributed by atoms with Gasteiger partial charge in [0.15, 0.2) is 0 Å². The van der Waals surface area contributed by atoms with E-state index in [9.17, 15) is 35.9 Å². The molecule has 214 valence electrons. The van der Waals surface area contributed by atoms with E-state index >= 15 is 0 Å². The van der Waals surface area contributed by atoms with Crippen molar-refractivity contribution in [2.45, 2.75) is 12.4 Å². The fraction of sp³-hybridized carbons (Fsp3) is 0.111. The molecule has 0 bridgehead atoms. The monoisotopic (exact) mass is 580 g/mol. The van der Waals surface area contributed by atoms with Crippen molar-refractivity contribution in [2.75, 3.05) is 7.11 Å². The fourth-order valence-corrected chi connectivity index (χ4v) is 2.91. The first kappa shape index (κ1) is 30.4. The number of esters is 1. The van der Waals surface area contributed by atoms with Crippen LogP contribution < -0.4 is 9.47 Å². The average molecular weight is 580 g/mol. The molecule has 4 aromatic rings. The first-order chi connectivity index (χ1) is 19.3. The molecule has 2 heterocycles. The summed E-state index contributed by atoms with van der Waals surface area (Å²) in [5.74, 6) is -1.03. The van der Waals surface area contributed by atoms with Gasteiger partial charge in [0.25, 0.3) is 0 Å². The number of benzene rings is 2. The summed E-state index contributed by atoms with van der Waals surface area (Å²) in [4.78, 5) is 29.4. The van der Waals surface area contributed by atoms with Gasteiger partial charge in [-0.25, -0.2) is 19.6 Å². The number of aromatic carboxylic acids is 1. The first-order valence-corrected chi connectivity index (χ1v) is 11.2. The lowest BCUT2D eigenvalue weighted by atomic mass is 10.2. The van der Waals surface area contributed by atoms with E-state index in [1.807, 2.05) is 0 Å². The SMILES string of the molecule is COC(=O)c1ccc(Oc2ccc(C(F)(F)F)cc2)nc1.O=C(O)c1ccc(Oc2ccc(C(F)(F)F)cc2)nc1. The lowest BCUT2D eigenvalue weighted by molar-refractivity contribution is -0.138. The molecule has 0 fully saturated rings. The third-order valence-electron chi connectivity index (χ3n) is 4.95. The van der Waals surface area contributed by atoms with Crippen LogP contribution in [0.3, 0.4) is 0 Å². The molecule has 4 rings (SSSR count). The van der Waals surface area contributed by atoms with Gasteiger partial charge in [0.1, 0.15) is 11.5 Å².